The molecule has 0 amide bonds. The Kier molecular flexibility index (Phi) is 6.68. The van der Waals surface area contributed by atoms with Crippen molar-refractivity contribution in [3.8, 4) is 12.3 Å². The molecule has 0 aliphatic carbocycles. The number of carbonyl (C=O) groups excluding carboxylic acids is 1. The highest BCUT2D eigenvalue weighted by Gasteiger charge is 2.32. The third-order valence-corrected chi connectivity index (χ3v) is 2.87. The Hall–Kier alpha value is -2.25. The number of Topliss-reactive ketones (excluding diaryl/α,β-unsaturated/α-hetero) is 1. The van der Waals surface area contributed by atoms with E-state index in [1.165, 1.54) is 18.2 Å². The van der Waals surface area contributed by atoms with Crippen molar-refractivity contribution in [1.82, 2.24) is 0 Å². The largest absolute Gasteiger partial charge is 0.417 e. The zero-order valence-corrected chi connectivity index (χ0v) is 12.2. The zero-order valence-electron chi connectivity index (χ0n) is 11.4. The van der Waals surface area contributed by atoms with Crippen molar-refractivity contribution >= 4 is 17.4 Å². The fourth-order valence-electron chi connectivity index (χ4n) is 1.51. The molecule has 2 aromatic rings. The second kappa shape index (κ2) is 8.26. The Morgan fingerprint density at radius 2 is 1.59 bits per heavy atom. The lowest BCUT2D eigenvalue weighted by molar-refractivity contribution is -0.137. The van der Waals surface area contributed by atoms with Crippen LogP contribution in [0.15, 0.2) is 54.6 Å². The third-order valence-electron chi connectivity index (χ3n) is 2.54. The van der Waals surface area contributed by atoms with E-state index in [2.05, 4.69) is 5.92 Å². The average Bonchev–Trinajstić information content (AvgIpc) is 2.48. The summed E-state index contributed by atoms with van der Waals surface area (Å²) >= 11 is 5.29. The lowest BCUT2D eigenvalue weighted by Gasteiger charge is -2.06. The monoisotopic (exact) mass is 324 g/mol. The Morgan fingerprint density at radius 1 is 1.05 bits per heavy atom. The molecule has 0 saturated carbocycles. The van der Waals surface area contributed by atoms with Crippen molar-refractivity contribution < 1.29 is 18.0 Å². The molecule has 0 atom stereocenters. The number of hydrogen-bond acceptors (Lipinski definition) is 1. The molecule has 0 radical (unpaired) electrons. The predicted octanol–water partition coefficient (Wildman–Crippen LogP) is 5.25. The van der Waals surface area contributed by atoms with E-state index in [1.54, 1.807) is 12.1 Å². The van der Waals surface area contributed by atoms with Crippen LogP contribution in [-0.2, 0) is 6.18 Å². The molecular weight excluding hydrogens is 313 g/mol. The number of hydrogen-bond donors (Lipinski definition) is 0. The van der Waals surface area contributed by atoms with Crippen LogP contribution in [0.1, 0.15) is 22.3 Å². The van der Waals surface area contributed by atoms with E-state index < -0.39 is 11.7 Å². The maximum Gasteiger partial charge on any atom is 0.417 e. The van der Waals surface area contributed by atoms with Crippen LogP contribution >= 0.6 is 11.6 Å². The molecule has 114 valence electrons. The van der Waals surface area contributed by atoms with Crippen molar-refractivity contribution in [2.75, 3.05) is 0 Å². The first-order chi connectivity index (χ1) is 10.4. The van der Waals surface area contributed by atoms with Crippen LogP contribution in [-0.4, -0.2) is 5.78 Å². The molecule has 22 heavy (non-hydrogen) atoms. The second-order valence-electron chi connectivity index (χ2n) is 4.15. The molecule has 0 bridgehead atoms. The Morgan fingerprint density at radius 3 is 2.05 bits per heavy atom. The number of carbonyl (C=O) groups is 1. The van der Waals surface area contributed by atoms with E-state index in [0.717, 1.165) is 6.07 Å². The number of rotatable bonds is 2. The van der Waals surface area contributed by atoms with E-state index in [1.807, 2.05) is 18.2 Å². The fourth-order valence-corrected chi connectivity index (χ4v) is 1.75. The van der Waals surface area contributed by atoms with Crippen LogP contribution in [0.25, 0.3) is 0 Å². The van der Waals surface area contributed by atoms with Gasteiger partial charge < -0.3 is 0 Å². The lowest BCUT2D eigenvalue weighted by atomic mass is 10.1. The first-order valence-electron chi connectivity index (χ1n) is 6.19. The molecule has 0 unspecified atom stereocenters. The van der Waals surface area contributed by atoms with Crippen LogP contribution in [0.4, 0.5) is 13.2 Å². The molecule has 0 fully saturated rings. The highest BCUT2D eigenvalue weighted by Crippen LogP contribution is 2.33. The topological polar surface area (TPSA) is 17.1 Å². The van der Waals surface area contributed by atoms with Crippen LogP contribution in [0.2, 0.25) is 5.02 Å². The van der Waals surface area contributed by atoms with E-state index in [4.69, 9.17) is 18.0 Å². The number of terminal acetylenes is 1. The van der Waals surface area contributed by atoms with Crippen LogP contribution in [0, 0.1) is 12.3 Å². The Balaban J connectivity index is 0.000000220. The van der Waals surface area contributed by atoms with Gasteiger partial charge in [-0.3, -0.25) is 4.79 Å². The fraction of sp³-hybridized carbons (Fsp3) is 0.118. The highest BCUT2D eigenvalue weighted by molar-refractivity contribution is 6.31. The molecule has 0 aliphatic heterocycles. The molecule has 2 rings (SSSR count). The normalized spacial score (nSPS) is 10.1. The predicted molar refractivity (Wildman–Crippen MR) is 80.7 cm³/mol. The maximum atomic E-state index is 12.0. The molecule has 5 heteroatoms. The van der Waals surface area contributed by atoms with Crippen molar-refractivity contribution in [3.63, 3.8) is 0 Å². The van der Waals surface area contributed by atoms with E-state index >= 15 is 0 Å². The SMILES string of the molecule is C#CCC(=O)c1ccccc1.FC(F)(F)c1ccccc1Cl. The number of halogens is 4. The van der Waals surface area contributed by atoms with Gasteiger partial charge in [-0.25, -0.2) is 0 Å². The quantitative estimate of drug-likeness (QED) is 0.544. The molecule has 0 saturated heterocycles. The Labute approximate surface area is 131 Å². The average molecular weight is 325 g/mol. The molecule has 0 spiro atoms. The Bertz CT molecular complexity index is 658. The van der Waals surface area contributed by atoms with E-state index in [-0.39, 0.29) is 17.2 Å². The van der Waals surface area contributed by atoms with E-state index in [9.17, 15) is 18.0 Å². The smallest absolute Gasteiger partial charge is 0.293 e. The minimum absolute atomic E-state index is 0.00750. The molecule has 0 heterocycles. The minimum atomic E-state index is -4.35. The molecular formula is C17H12ClF3O. The zero-order chi connectivity index (χ0) is 16.6. The first-order valence-corrected chi connectivity index (χ1v) is 6.57. The first kappa shape index (κ1) is 17.8. The number of benzene rings is 2. The number of ketones is 1. The second-order valence-corrected chi connectivity index (χ2v) is 4.55. The third kappa shape index (κ3) is 5.63. The van der Waals surface area contributed by atoms with Gasteiger partial charge in [-0.2, -0.15) is 13.2 Å². The van der Waals surface area contributed by atoms with Gasteiger partial charge in [0.1, 0.15) is 0 Å². The van der Waals surface area contributed by atoms with Gasteiger partial charge in [-0.05, 0) is 12.1 Å². The van der Waals surface area contributed by atoms with Gasteiger partial charge in [0.05, 0.1) is 17.0 Å². The van der Waals surface area contributed by atoms with Crippen LogP contribution < -0.4 is 0 Å². The van der Waals surface area contributed by atoms with Gasteiger partial charge in [-0.15, -0.1) is 6.42 Å². The molecule has 0 aliphatic rings. The van der Waals surface area contributed by atoms with Gasteiger partial charge in [0.2, 0.25) is 0 Å². The van der Waals surface area contributed by atoms with Gasteiger partial charge >= 0.3 is 6.18 Å². The molecule has 2 aromatic carbocycles. The van der Waals surface area contributed by atoms with Crippen molar-refractivity contribution in [2.45, 2.75) is 12.6 Å². The summed E-state index contributed by atoms with van der Waals surface area (Å²) in [5, 5.41) is -0.264. The van der Waals surface area contributed by atoms with Gasteiger partial charge in [-0.1, -0.05) is 60.0 Å². The van der Waals surface area contributed by atoms with Crippen molar-refractivity contribution in [3.05, 3.63) is 70.7 Å². The van der Waals surface area contributed by atoms with Gasteiger partial charge in [0.15, 0.2) is 5.78 Å². The van der Waals surface area contributed by atoms with Gasteiger partial charge in [0.25, 0.3) is 0 Å². The summed E-state index contributed by atoms with van der Waals surface area (Å²) in [7, 11) is 0. The summed E-state index contributed by atoms with van der Waals surface area (Å²) in [4.78, 5) is 11.1. The number of alkyl halides is 3. The molecule has 0 N–H and O–H groups in total. The summed E-state index contributed by atoms with van der Waals surface area (Å²) in [6.45, 7) is 0. The molecule has 0 aromatic heterocycles. The summed E-state index contributed by atoms with van der Waals surface area (Å²) < 4.78 is 35.9. The van der Waals surface area contributed by atoms with Crippen LogP contribution in [0.3, 0.4) is 0 Å². The maximum absolute atomic E-state index is 12.0. The molecule has 1 nitrogen and oxygen atoms in total. The van der Waals surface area contributed by atoms with Crippen molar-refractivity contribution in [2.24, 2.45) is 0 Å². The van der Waals surface area contributed by atoms with Crippen LogP contribution in [0.5, 0.6) is 0 Å². The van der Waals surface area contributed by atoms with Crippen molar-refractivity contribution in [1.29, 1.82) is 0 Å². The lowest BCUT2D eigenvalue weighted by Crippen LogP contribution is -2.04. The highest BCUT2D eigenvalue weighted by atomic mass is 35.5. The summed E-state index contributed by atoms with van der Waals surface area (Å²) in [6, 6.07) is 14.0. The van der Waals surface area contributed by atoms with E-state index in [0.29, 0.717) is 5.56 Å². The van der Waals surface area contributed by atoms with Gasteiger partial charge in [0, 0.05) is 5.56 Å². The summed E-state index contributed by atoms with van der Waals surface area (Å²) in [5.74, 6) is 2.32. The standard InChI is InChI=1S/C10H8O.C7H4ClF3/c1-2-6-10(11)9-7-4-3-5-8-9;8-6-4-2-1-3-5(6)7(9,10)11/h1,3-5,7-8H,6H2;1-4H. The minimum Gasteiger partial charge on any atom is -0.293 e. The summed E-state index contributed by atoms with van der Waals surface area (Å²) in [5.41, 5.74) is -0.105. The summed E-state index contributed by atoms with van der Waals surface area (Å²) in [6.07, 6.45) is 0.832.